The third-order valence-electron chi connectivity index (χ3n) is 2.56. The number of halogens is 1. The number of rotatable bonds is 4. The van der Waals surface area contributed by atoms with E-state index in [1.54, 1.807) is 32.2 Å². The van der Waals surface area contributed by atoms with Gasteiger partial charge >= 0.3 is 0 Å². The molecule has 0 aliphatic rings. The molecule has 0 saturated carbocycles. The van der Waals surface area contributed by atoms with Crippen LogP contribution in [0.4, 0.5) is 0 Å². The molecular weight excluding hydrogens is 278 g/mol. The van der Waals surface area contributed by atoms with Crippen LogP contribution in [0.2, 0.25) is 5.02 Å². The molecule has 0 spiro atoms. The molecule has 5 heteroatoms. The van der Waals surface area contributed by atoms with Gasteiger partial charge in [-0.05, 0) is 25.1 Å². The highest BCUT2D eigenvalue weighted by molar-refractivity contribution is 6.32. The fraction of sp³-hybridized carbons (Fsp3) is 0.400. The summed E-state index contributed by atoms with van der Waals surface area (Å²) in [4.78, 5) is 13.5. The number of nitrogens with zero attached hydrogens (tertiary/aromatic N) is 1. The molecule has 108 valence electrons. The van der Waals surface area contributed by atoms with Crippen LogP contribution in [0.5, 0.6) is 0 Å². The lowest BCUT2D eigenvalue weighted by Gasteiger charge is -2.19. The van der Waals surface area contributed by atoms with E-state index in [2.05, 4.69) is 11.8 Å². The first-order valence-electron chi connectivity index (χ1n) is 6.28. The predicted molar refractivity (Wildman–Crippen MR) is 78.7 cm³/mol. The number of carbonyl (C=O) groups excluding carboxylic acids is 1. The van der Waals surface area contributed by atoms with Gasteiger partial charge in [-0.15, -0.1) is 0 Å². The molecule has 2 N–H and O–H groups in total. The second-order valence-corrected chi connectivity index (χ2v) is 4.91. The van der Waals surface area contributed by atoms with Gasteiger partial charge in [0.2, 0.25) is 0 Å². The molecule has 0 bridgehead atoms. The predicted octanol–water partition coefficient (Wildman–Crippen LogP) is 1.53. The molecule has 0 fully saturated rings. The zero-order chi connectivity index (χ0) is 15.1. The Kier molecular flexibility index (Phi) is 6.53. The zero-order valence-electron chi connectivity index (χ0n) is 11.6. The Hall–Kier alpha value is -1.54. The van der Waals surface area contributed by atoms with E-state index < -0.39 is 6.10 Å². The van der Waals surface area contributed by atoms with Gasteiger partial charge in [0.1, 0.15) is 0 Å². The van der Waals surface area contributed by atoms with Crippen LogP contribution in [-0.4, -0.2) is 47.3 Å². The SMILES string of the molecule is CC(O)CN(C)C(=O)c1ccc(C#CCCO)c(Cl)c1. The van der Waals surface area contributed by atoms with Gasteiger partial charge in [0.15, 0.2) is 0 Å². The monoisotopic (exact) mass is 295 g/mol. The second kappa shape index (κ2) is 7.91. The Labute approximate surface area is 124 Å². The molecule has 0 radical (unpaired) electrons. The van der Waals surface area contributed by atoms with Crippen LogP contribution in [0.25, 0.3) is 0 Å². The topological polar surface area (TPSA) is 60.8 Å². The van der Waals surface area contributed by atoms with Crippen molar-refractivity contribution in [3.8, 4) is 11.8 Å². The van der Waals surface area contributed by atoms with E-state index in [1.807, 2.05) is 0 Å². The van der Waals surface area contributed by atoms with Crippen LogP contribution in [0, 0.1) is 11.8 Å². The quantitative estimate of drug-likeness (QED) is 0.828. The molecule has 1 rings (SSSR count). The van der Waals surface area contributed by atoms with Crippen molar-refractivity contribution in [2.24, 2.45) is 0 Å². The number of benzene rings is 1. The standard InChI is InChI=1S/C15H18ClNO3/c1-11(19)10-17(2)15(20)13-7-6-12(14(16)9-13)5-3-4-8-18/h6-7,9,11,18-19H,4,8,10H2,1-2H3. The van der Waals surface area contributed by atoms with Gasteiger partial charge in [0.05, 0.1) is 17.7 Å². The maximum Gasteiger partial charge on any atom is 0.253 e. The summed E-state index contributed by atoms with van der Waals surface area (Å²) < 4.78 is 0. The van der Waals surface area contributed by atoms with Gasteiger partial charge in [-0.25, -0.2) is 0 Å². The van der Waals surface area contributed by atoms with Crippen molar-refractivity contribution in [3.05, 3.63) is 34.3 Å². The molecule has 0 aliphatic heterocycles. The Morgan fingerprint density at radius 2 is 2.20 bits per heavy atom. The Morgan fingerprint density at radius 1 is 1.50 bits per heavy atom. The highest BCUT2D eigenvalue weighted by Gasteiger charge is 2.14. The van der Waals surface area contributed by atoms with Crippen LogP contribution >= 0.6 is 11.6 Å². The lowest BCUT2D eigenvalue weighted by Crippen LogP contribution is -2.33. The summed E-state index contributed by atoms with van der Waals surface area (Å²) in [6, 6.07) is 4.89. The molecule has 0 saturated heterocycles. The maximum absolute atomic E-state index is 12.1. The summed E-state index contributed by atoms with van der Waals surface area (Å²) in [7, 11) is 1.62. The minimum absolute atomic E-state index is 0.00529. The molecule has 1 aromatic carbocycles. The van der Waals surface area contributed by atoms with Crippen molar-refractivity contribution in [1.29, 1.82) is 0 Å². The first kappa shape index (κ1) is 16.5. The van der Waals surface area contributed by atoms with Gasteiger partial charge in [-0.2, -0.15) is 0 Å². The molecule has 0 aliphatic carbocycles. The number of amides is 1. The average molecular weight is 296 g/mol. The molecule has 4 nitrogen and oxygen atoms in total. The third-order valence-corrected chi connectivity index (χ3v) is 2.87. The number of carbonyl (C=O) groups is 1. The van der Waals surface area contributed by atoms with E-state index in [-0.39, 0.29) is 19.1 Å². The molecular formula is C15H18ClNO3. The number of aliphatic hydroxyl groups excluding tert-OH is 2. The van der Waals surface area contributed by atoms with Crippen LogP contribution < -0.4 is 0 Å². The fourth-order valence-corrected chi connectivity index (χ4v) is 1.89. The minimum atomic E-state index is -0.581. The molecule has 0 heterocycles. The normalized spacial score (nSPS) is 11.4. The van der Waals surface area contributed by atoms with Crippen LogP contribution in [0.15, 0.2) is 18.2 Å². The summed E-state index contributed by atoms with van der Waals surface area (Å²) in [5.41, 5.74) is 1.07. The second-order valence-electron chi connectivity index (χ2n) is 4.50. The third kappa shape index (κ3) is 4.86. The van der Waals surface area contributed by atoms with Crippen molar-refractivity contribution in [1.82, 2.24) is 4.90 Å². The zero-order valence-corrected chi connectivity index (χ0v) is 12.3. The minimum Gasteiger partial charge on any atom is -0.395 e. The van der Waals surface area contributed by atoms with E-state index in [0.29, 0.717) is 22.6 Å². The number of likely N-dealkylation sites (N-methyl/N-ethyl adjacent to an activating group) is 1. The molecule has 0 aromatic heterocycles. The summed E-state index contributed by atoms with van der Waals surface area (Å²) in [5.74, 6) is 5.41. The van der Waals surface area contributed by atoms with Crippen LogP contribution in [0.3, 0.4) is 0 Å². The largest absolute Gasteiger partial charge is 0.395 e. The number of aliphatic hydroxyl groups is 2. The van der Waals surface area contributed by atoms with E-state index in [1.165, 1.54) is 4.90 Å². The van der Waals surface area contributed by atoms with E-state index in [4.69, 9.17) is 16.7 Å². The molecule has 1 amide bonds. The molecule has 1 aromatic rings. The van der Waals surface area contributed by atoms with Crippen molar-refractivity contribution in [2.75, 3.05) is 20.2 Å². The molecule has 1 atom stereocenters. The lowest BCUT2D eigenvalue weighted by molar-refractivity contribution is 0.0703. The lowest BCUT2D eigenvalue weighted by atomic mass is 10.1. The first-order valence-corrected chi connectivity index (χ1v) is 6.66. The Bertz CT molecular complexity index is 532. The van der Waals surface area contributed by atoms with Crippen molar-refractivity contribution in [2.45, 2.75) is 19.4 Å². The highest BCUT2D eigenvalue weighted by Crippen LogP contribution is 2.18. The smallest absolute Gasteiger partial charge is 0.253 e. The van der Waals surface area contributed by atoms with E-state index >= 15 is 0 Å². The number of hydrogen-bond acceptors (Lipinski definition) is 3. The van der Waals surface area contributed by atoms with Crippen molar-refractivity contribution >= 4 is 17.5 Å². The van der Waals surface area contributed by atoms with Gasteiger partial charge < -0.3 is 15.1 Å². The molecule has 20 heavy (non-hydrogen) atoms. The Balaban J connectivity index is 2.87. The van der Waals surface area contributed by atoms with Gasteiger partial charge in [-0.3, -0.25) is 4.79 Å². The summed E-state index contributed by atoms with van der Waals surface area (Å²) in [5, 5.41) is 18.3. The highest BCUT2D eigenvalue weighted by atomic mass is 35.5. The summed E-state index contributed by atoms with van der Waals surface area (Å²) in [6.45, 7) is 1.89. The first-order chi connectivity index (χ1) is 9.45. The fourth-order valence-electron chi connectivity index (χ4n) is 1.66. The average Bonchev–Trinajstić information content (AvgIpc) is 2.39. The van der Waals surface area contributed by atoms with Gasteiger partial charge in [-0.1, -0.05) is 23.4 Å². The summed E-state index contributed by atoms with van der Waals surface area (Å²) >= 11 is 6.08. The number of hydrogen-bond donors (Lipinski definition) is 2. The maximum atomic E-state index is 12.1. The summed E-state index contributed by atoms with van der Waals surface area (Å²) in [6.07, 6.45) is -0.197. The van der Waals surface area contributed by atoms with Gasteiger partial charge in [0, 0.05) is 31.1 Å². The van der Waals surface area contributed by atoms with Crippen LogP contribution in [0.1, 0.15) is 29.3 Å². The van der Waals surface area contributed by atoms with Crippen molar-refractivity contribution in [3.63, 3.8) is 0 Å². The van der Waals surface area contributed by atoms with E-state index in [9.17, 15) is 9.90 Å². The van der Waals surface area contributed by atoms with Gasteiger partial charge in [0.25, 0.3) is 5.91 Å². The van der Waals surface area contributed by atoms with Crippen molar-refractivity contribution < 1.29 is 15.0 Å². The Morgan fingerprint density at radius 3 is 2.75 bits per heavy atom. The molecule has 1 unspecified atom stereocenters. The van der Waals surface area contributed by atoms with E-state index in [0.717, 1.165) is 0 Å². The van der Waals surface area contributed by atoms with Crippen LogP contribution in [-0.2, 0) is 0 Å².